The van der Waals surface area contributed by atoms with Gasteiger partial charge in [-0.3, -0.25) is 0 Å². The van der Waals surface area contributed by atoms with Crippen molar-refractivity contribution in [2.24, 2.45) is 0 Å². The fourth-order valence-electron chi connectivity index (χ4n) is 1.12. The Morgan fingerprint density at radius 3 is 1.50 bits per heavy atom. The van der Waals surface area contributed by atoms with Crippen LogP contribution in [0.15, 0.2) is 4.90 Å². The third kappa shape index (κ3) is 2.51. The van der Waals surface area contributed by atoms with Gasteiger partial charge < -0.3 is 0 Å². The number of benzene rings is 1. The van der Waals surface area contributed by atoms with E-state index in [1.165, 1.54) is 0 Å². The summed E-state index contributed by atoms with van der Waals surface area (Å²) in [5.41, 5.74) is -0.631. The summed E-state index contributed by atoms with van der Waals surface area (Å²) in [5, 5.41) is 0. The summed E-state index contributed by atoms with van der Waals surface area (Å²) in [6, 6.07) is 0. The molecule has 1 aromatic rings. The highest BCUT2D eigenvalue weighted by Crippen LogP contribution is 2.38. The summed E-state index contributed by atoms with van der Waals surface area (Å²) in [4.78, 5) is -0.604. The SMILES string of the molecule is Cc1c(F)c(F)c(SC(C)(C)C)c(F)c1F. The van der Waals surface area contributed by atoms with E-state index in [-0.39, 0.29) is 0 Å². The number of thioether (sulfide) groups is 1. The van der Waals surface area contributed by atoms with Crippen LogP contribution in [0.2, 0.25) is 0 Å². The maximum Gasteiger partial charge on any atom is 0.175 e. The zero-order chi connectivity index (χ0) is 12.7. The second kappa shape index (κ2) is 4.28. The number of halogens is 4. The maximum atomic E-state index is 13.4. The Labute approximate surface area is 96.0 Å². The first-order valence-corrected chi connectivity index (χ1v) is 5.48. The van der Waals surface area contributed by atoms with E-state index in [9.17, 15) is 17.6 Å². The van der Waals surface area contributed by atoms with Crippen molar-refractivity contribution in [2.75, 3.05) is 0 Å². The van der Waals surface area contributed by atoms with Gasteiger partial charge in [-0.05, 0) is 6.92 Å². The van der Waals surface area contributed by atoms with E-state index in [1.807, 2.05) is 0 Å². The molecule has 0 aliphatic rings. The largest absolute Gasteiger partial charge is 0.203 e. The topological polar surface area (TPSA) is 0 Å². The van der Waals surface area contributed by atoms with Gasteiger partial charge >= 0.3 is 0 Å². The molecule has 0 radical (unpaired) electrons. The van der Waals surface area contributed by atoms with Gasteiger partial charge in [0.15, 0.2) is 23.3 Å². The summed E-state index contributed by atoms with van der Waals surface area (Å²) in [6.07, 6.45) is 0. The molecule has 5 heteroatoms. The monoisotopic (exact) mass is 252 g/mol. The van der Waals surface area contributed by atoms with E-state index in [0.29, 0.717) is 0 Å². The van der Waals surface area contributed by atoms with Gasteiger partial charge in [0.1, 0.15) is 0 Å². The van der Waals surface area contributed by atoms with Crippen molar-refractivity contribution in [3.63, 3.8) is 0 Å². The van der Waals surface area contributed by atoms with Crippen LogP contribution in [0, 0.1) is 30.2 Å². The van der Waals surface area contributed by atoms with E-state index in [2.05, 4.69) is 0 Å². The normalized spacial score (nSPS) is 12.0. The first kappa shape index (κ1) is 13.4. The van der Waals surface area contributed by atoms with E-state index < -0.39 is 38.5 Å². The average molecular weight is 252 g/mol. The molecule has 0 amide bonds. The standard InChI is InChI=1S/C11H12F4S/c1-5-6(12)8(14)10(9(15)7(5)13)16-11(2,3)4/h1-4H3. The highest BCUT2D eigenvalue weighted by atomic mass is 32.2. The molecule has 0 bridgehead atoms. The highest BCUT2D eigenvalue weighted by Gasteiger charge is 2.26. The minimum atomic E-state index is -1.33. The minimum Gasteiger partial charge on any atom is -0.203 e. The Bertz CT molecular complexity index is 392. The molecule has 0 atom stereocenters. The Morgan fingerprint density at radius 2 is 1.19 bits per heavy atom. The van der Waals surface area contributed by atoms with Gasteiger partial charge in [-0.25, -0.2) is 17.6 Å². The van der Waals surface area contributed by atoms with E-state index in [0.717, 1.165) is 18.7 Å². The summed E-state index contributed by atoms with van der Waals surface area (Å²) in [5.74, 6) is -5.30. The van der Waals surface area contributed by atoms with Crippen molar-refractivity contribution in [3.8, 4) is 0 Å². The van der Waals surface area contributed by atoms with Gasteiger partial charge in [0.2, 0.25) is 0 Å². The first-order chi connectivity index (χ1) is 7.15. The molecule has 0 heterocycles. The predicted molar refractivity (Wildman–Crippen MR) is 56.6 cm³/mol. The number of hydrogen-bond acceptors (Lipinski definition) is 1. The Balaban J connectivity index is 3.40. The molecule has 0 spiro atoms. The zero-order valence-electron chi connectivity index (χ0n) is 9.42. The van der Waals surface area contributed by atoms with Crippen LogP contribution in [0.25, 0.3) is 0 Å². The van der Waals surface area contributed by atoms with Crippen LogP contribution in [-0.4, -0.2) is 4.75 Å². The molecule has 0 N–H and O–H groups in total. The van der Waals surface area contributed by atoms with Gasteiger partial charge in [0.25, 0.3) is 0 Å². The lowest BCUT2D eigenvalue weighted by Gasteiger charge is -2.19. The molecule has 0 saturated heterocycles. The van der Waals surface area contributed by atoms with Crippen molar-refractivity contribution in [3.05, 3.63) is 28.8 Å². The lowest BCUT2D eigenvalue weighted by Crippen LogP contribution is -2.11. The van der Waals surface area contributed by atoms with Crippen molar-refractivity contribution in [1.29, 1.82) is 0 Å². The third-order valence-corrected chi connectivity index (χ3v) is 3.03. The fraction of sp³-hybridized carbons (Fsp3) is 0.455. The predicted octanol–water partition coefficient (Wildman–Crippen LogP) is 4.44. The molecule has 0 aromatic heterocycles. The molecule has 1 aromatic carbocycles. The van der Waals surface area contributed by atoms with Crippen LogP contribution in [-0.2, 0) is 0 Å². The van der Waals surface area contributed by atoms with Gasteiger partial charge in [-0.2, -0.15) is 0 Å². The Morgan fingerprint density at radius 1 is 0.812 bits per heavy atom. The van der Waals surface area contributed by atoms with E-state index >= 15 is 0 Å². The van der Waals surface area contributed by atoms with Crippen LogP contribution in [0.3, 0.4) is 0 Å². The van der Waals surface area contributed by atoms with E-state index in [1.54, 1.807) is 20.8 Å². The van der Waals surface area contributed by atoms with Crippen molar-refractivity contribution >= 4 is 11.8 Å². The van der Waals surface area contributed by atoms with Gasteiger partial charge in [-0.1, -0.05) is 20.8 Å². The molecule has 0 aliphatic carbocycles. The third-order valence-electron chi connectivity index (χ3n) is 1.85. The summed E-state index contributed by atoms with van der Waals surface area (Å²) in [6.45, 7) is 6.10. The molecular formula is C11H12F4S. The van der Waals surface area contributed by atoms with Crippen LogP contribution in [0.1, 0.15) is 26.3 Å². The quantitative estimate of drug-likeness (QED) is 0.404. The number of rotatable bonds is 1. The summed E-state index contributed by atoms with van der Waals surface area (Å²) < 4.78 is 52.8. The molecule has 0 saturated carbocycles. The second-order valence-corrected chi connectivity index (χ2v) is 6.26. The smallest absolute Gasteiger partial charge is 0.175 e. The van der Waals surface area contributed by atoms with Crippen LogP contribution < -0.4 is 0 Å². The van der Waals surface area contributed by atoms with Gasteiger partial charge in [0, 0.05) is 10.3 Å². The Hall–Kier alpha value is -0.710. The fourth-order valence-corrected chi connectivity index (χ4v) is 2.09. The van der Waals surface area contributed by atoms with Crippen molar-refractivity contribution < 1.29 is 17.6 Å². The van der Waals surface area contributed by atoms with Crippen molar-refractivity contribution in [1.82, 2.24) is 0 Å². The summed E-state index contributed by atoms with van der Waals surface area (Å²) >= 11 is 0.761. The maximum absolute atomic E-state index is 13.4. The van der Waals surface area contributed by atoms with Crippen LogP contribution >= 0.6 is 11.8 Å². The molecule has 1 rings (SSSR count). The molecular weight excluding hydrogens is 240 g/mol. The zero-order valence-corrected chi connectivity index (χ0v) is 10.2. The number of hydrogen-bond donors (Lipinski definition) is 0. The molecule has 0 nitrogen and oxygen atoms in total. The van der Waals surface area contributed by atoms with E-state index in [4.69, 9.17) is 0 Å². The van der Waals surface area contributed by atoms with Gasteiger partial charge in [-0.15, -0.1) is 11.8 Å². The van der Waals surface area contributed by atoms with Crippen molar-refractivity contribution in [2.45, 2.75) is 37.3 Å². The second-order valence-electron chi connectivity index (χ2n) is 4.42. The van der Waals surface area contributed by atoms with Crippen LogP contribution in [0.5, 0.6) is 0 Å². The average Bonchev–Trinajstić information content (AvgIpc) is 2.17. The highest BCUT2D eigenvalue weighted by molar-refractivity contribution is 8.00. The minimum absolute atomic E-state index is 0.532. The molecule has 90 valence electrons. The lowest BCUT2D eigenvalue weighted by molar-refractivity contribution is 0.417. The molecule has 0 fully saturated rings. The lowest BCUT2D eigenvalue weighted by atomic mass is 10.2. The first-order valence-electron chi connectivity index (χ1n) is 4.66. The molecule has 0 aliphatic heterocycles. The summed E-state index contributed by atoms with van der Waals surface area (Å²) in [7, 11) is 0. The molecule has 0 unspecified atom stereocenters. The molecule has 16 heavy (non-hydrogen) atoms. The Kier molecular flexibility index (Phi) is 3.57. The van der Waals surface area contributed by atoms with Gasteiger partial charge in [0.05, 0.1) is 4.90 Å². The van der Waals surface area contributed by atoms with Crippen LogP contribution in [0.4, 0.5) is 17.6 Å².